The highest BCUT2D eigenvalue weighted by molar-refractivity contribution is 5.94. The van der Waals surface area contributed by atoms with Crippen molar-refractivity contribution in [2.75, 3.05) is 26.3 Å². The van der Waals surface area contributed by atoms with Gasteiger partial charge in [-0.05, 0) is 55.3 Å². The minimum absolute atomic E-state index is 0.0161. The van der Waals surface area contributed by atoms with Crippen LogP contribution in [0.15, 0.2) is 48.5 Å². The predicted molar refractivity (Wildman–Crippen MR) is 113 cm³/mol. The molecule has 0 bridgehead atoms. The van der Waals surface area contributed by atoms with Crippen LogP contribution in [0.1, 0.15) is 40.9 Å². The van der Waals surface area contributed by atoms with Gasteiger partial charge in [0.25, 0.3) is 5.91 Å². The van der Waals surface area contributed by atoms with Crippen molar-refractivity contribution < 1.29 is 14.3 Å². The first-order valence-corrected chi connectivity index (χ1v) is 9.86. The molecule has 1 N–H and O–H groups in total. The molecule has 1 heterocycles. The van der Waals surface area contributed by atoms with Crippen LogP contribution in [0.4, 0.5) is 0 Å². The number of benzene rings is 2. The monoisotopic (exact) mass is 390 g/mol. The molecule has 1 atom stereocenters. The Hall–Kier alpha value is -3.10. The van der Waals surface area contributed by atoms with Crippen molar-refractivity contribution in [1.29, 1.82) is 0 Å². The Labute approximate surface area is 172 Å². The van der Waals surface area contributed by atoms with Crippen LogP contribution >= 0.6 is 0 Å². The topological polar surface area (TPSA) is 58.6 Å². The van der Waals surface area contributed by atoms with E-state index < -0.39 is 0 Å². The van der Waals surface area contributed by atoms with Crippen molar-refractivity contribution in [2.45, 2.75) is 26.3 Å². The van der Waals surface area contributed by atoms with Crippen LogP contribution in [-0.2, 0) is 16.0 Å². The summed E-state index contributed by atoms with van der Waals surface area (Å²) in [5.41, 5.74) is 3.62. The van der Waals surface area contributed by atoms with Gasteiger partial charge in [0, 0.05) is 42.7 Å². The van der Waals surface area contributed by atoms with E-state index in [-0.39, 0.29) is 17.9 Å². The number of carbonyl (C=O) groups excluding carboxylic acids is 2. The van der Waals surface area contributed by atoms with Crippen molar-refractivity contribution >= 4 is 11.8 Å². The van der Waals surface area contributed by atoms with E-state index in [1.54, 1.807) is 0 Å². The molecule has 1 saturated heterocycles. The summed E-state index contributed by atoms with van der Waals surface area (Å²) >= 11 is 0. The maximum Gasteiger partial charge on any atom is 0.254 e. The van der Waals surface area contributed by atoms with Crippen LogP contribution in [-0.4, -0.2) is 49.1 Å². The van der Waals surface area contributed by atoms with Gasteiger partial charge in [-0.15, -0.1) is 0 Å². The van der Waals surface area contributed by atoms with E-state index in [0.717, 1.165) is 23.1 Å². The van der Waals surface area contributed by atoms with Crippen molar-refractivity contribution in [2.24, 2.45) is 0 Å². The molecule has 29 heavy (non-hydrogen) atoms. The molecule has 0 saturated carbocycles. The molecule has 150 valence electrons. The molecule has 2 amide bonds. The first-order chi connectivity index (χ1) is 14.0. The van der Waals surface area contributed by atoms with Crippen LogP contribution in [0.2, 0.25) is 0 Å². The third-order valence-corrected chi connectivity index (χ3v) is 4.73. The lowest BCUT2D eigenvalue weighted by atomic mass is 10.0. The van der Waals surface area contributed by atoms with Gasteiger partial charge in [0.15, 0.2) is 0 Å². The normalized spacial score (nSPS) is 14.5. The molecule has 1 fully saturated rings. The second-order valence-corrected chi connectivity index (χ2v) is 7.23. The number of rotatable bonds is 4. The average Bonchev–Trinajstić information content (AvgIpc) is 2.73. The number of carbonyl (C=O) groups is 2. The van der Waals surface area contributed by atoms with Gasteiger partial charge in [-0.3, -0.25) is 9.59 Å². The first kappa shape index (κ1) is 20.6. The van der Waals surface area contributed by atoms with E-state index in [9.17, 15) is 9.59 Å². The fourth-order valence-electron chi connectivity index (χ4n) is 3.27. The molecule has 0 radical (unpaired) electrons. The molecule has 2 aromatic carbocycles. The van der Waals surface area contributed by atoms with Crippen LogP contribution in [0.25, 0.3) is 0 Å². The highest BCUT2D eigenvalue weighted by Crippen LogP contribution is 2.10. The Morgan fingerprint density at radius 2 is 1.55 bits per heavy atom. The zero-order chi connectivity index (χ0) is 20.6. The van der Waals surface area contributed by atoms with Gasteiger partial charge in [0.1, 0.15) is 0 Å². The van der Waals surface area contributed by atoms with Gasteiger partial charge in [-0.25, -0.2) is 0 Å². The third kappa shape index (κ3) is 6.20. The highest BCUT2D eigenvalue weighted by Gasteiger charge is 2.18. The summed E-state index contributed by atoms with van der Waals surface area (Å²) in [5, 5.41) is 2.89. The number of ether oxygens (including phenoxy) is 1. The maximum atomic E-state index is 12.5. The summed E-state index contributed by atoms with van der Waals surface area (Å²) in [7, 11) is 0. The van der Waals surface area contributed by atoms with Crippen LogP contribution in [0, 0.1) is 11.8 Å². The molecular formula is C24H26N2O3. The number of nitrogens with one attached hydrogen (secondary N) is 1. The van der Waals surface area contributed by atoms with Crippen molar-refractivity contribution in [3.63, 3.8) is 0 Å². The number of morpholine rings is 1. The molecule has 3 rings (SSSR count). The van der Waals surface area contributed by atoms with Gasteiger partial charge in [0.2, 0.25) is 5.91 Å². The summed E-state index contributed by atoms with van der Waals surface area (Å²) in [6, 6.07) is 15.6. The SMILES string of the molecule is CC(=O)NC(C)Cc1ccc(C#Cc2ccc(C(=O)N3CCOCC3)cc2)cc1. The Morgan fingerprint density at radius 3 is 2.10 bits per heavy atom. The van der Waals surface area contributed by atoms with Crippen molar-refractivity contribution in [3.05, 3.63) is 70.8 Å². The minimum Gasteiger partial charge on any atom is -0.378 e. The van der Waals surface area contributed by atoms with E-state index in [1.807, 2.05) is 60.4 Å². The zero-order valence-electron chi connectivity index (χ0n) is 16.9. The van der Waals surface area contributed by atoms with Crippen LogP contribution < -0.4 is 5.32 Å². The van der Waals surface area contributed by atoms with Gasteiger partial charge in [0.05, 0.1) is 13.2 Å². The molecule has 0 aliphatic carbocycles. The molecule has 1 aliphatic rings. The summed E-state index contributed by atoms with van der Waals surface area (Å²) in [6.07, 6.45) is 0.784. The van der Waals surface area contributed by atoms with Gasteiger partial charge >= 0.3 is 0 Å². The van der Waals surface area contributed by atoms with E-state index in [4.69, 9.17) is 4.74 Å². The second-order valence-electron chi connectivity index (χ2n) is 7.23. The molecule has 2 aromatic rings. The number of hydrogen-bond donors (Lipinski definition) is 1. The summed E-state index contributed by atoms with van der Waals surface area (Å²) in [4.78, 5) is 25.4. The first-order valence-electron chi connectivity index (χ1n) is 9.86. The van der Waals surface area contributed by atoms with E-state index in [1.165, 1.54) is 6.92 Å². The summed E-state index contributed by atoms with van der Waals surface area (Å²) in [5.74, 6) is 6.32. The average molecular weight is 390 g/mol. The van der Waals surface area contributed by atoms with E-state index >= 15 is 0 Å². The molecule has 1 aliphatic heterocycles. The largest absolute Gasteiger partial charge is 0.378 e. The van der Waals surface area contributed by atoms with Crippen molar-refractivity contribution in [3.8, 4) is 11.8 Å². The van der Waals surface area contributed by atoms with Gasteiger partial charge in [-0.2, -0.15) is 0 Å². The molecule has 0 aromatic heterocycles. The number of nitrogens with zero attached hydrogens (tertiary/aromatic N) is 1. The molecular weight excluding hydrogens is 364 g/mol. The Kier molecular flexibility index (Phi) is 7.04. The van der Waals surface area contributed by atoms with Crippen LogP contribution in [0.3, 0.4) is 0 Å². The predicted octanol–water partition coefficient (Wildman–Crippen LogP) is 2.63. The summed E-state index contributed by atoms with van der Waals surface area (Å²) in [6.45, 7) is 5.99. The van der Waals surface area contributed by atoms with Gasteiger partial charge in [-0.1, -0.05) is 24.0 Å². The number of hydrogen-bond acceptors (Lipinski definition) is 3. The molecule has 5 nitrogen and oxygen atoms in total. The van der Waals surface area contributed by atoms with Gasteiger partial charge < -0.3 is 15.0 Å². The van der Waals surface area contributed by atoms with Crippen LogP contribution in [0.5, 0.6) is 0 Å². The zero-order valence-corrected chi connectivity index (χ0v) is 16.9. The fourth-order valence-corrected chi connectivity index (χ4v) is 3.27. The summed E-state index contributed by atoms with van der Waals surface area (Å²) < 4.78 is 5.29. The lowest BCUT2D eigenvalue weighted by Gasteiger charge is -2.26. The lowest BCUT2D eigenvalue weighted by Crippen LogP contribution is -2.40. The Bertz CT molecular complexity index is 902. The molecule has 1 unspecified atom stereocenters. The number of amides is 2. The standard InChI is InChI=1S/C24H26N2O3/c1-18(25-19(2)27)17-22-7-5-20(6-8-22)3-4-21-9-11-23(12-10-21)24(28)26-13-15-29-16-14-26/h5-12,18H,13-17H2,1-2H3,(H,25,27). The highest BCUT2D eigenvalue weighted by atomic mass is 16.5. The Morgan fingerprint density at radius 1 is 1.00 bits per heavy atom. The lowest BCUT2D eigenvalue weighted by molar-refractivity contribution is -0.119. The second kappa shape index (κ2) is 9.90. The smallest absolute Gasteiger partial charge is 0.254 e. The Balaban J connectivity index is 1.59. The van der Waals surface area contributed by atoms with Crippen molar-refractivity contribution in [1.82, 2.24) is 10.2 Å². The van der Waals surface area contributed by atoms with E-state index in [2.05, 4.69) is 17.2 Å². The quantitative estimate of drug-likeness (QED) is 0.817. The fraction of sp³-hybridized carbons (Fsp3) is 0.333. The third-order valence-electron chi connectivity index (χ3n) is 4.73. The maximum absolute atomic E-state index is 12.5. The molecule has 0 spiro atoms. The minimum atomic E-state index is -0.0161. The van der Waals surface area contributed by atoms with E-state index in [0.29, 0.717) is 31.9 Å². The molecule has 5 heteroatoms.